The van der Waals surface area contributed by atoms with Crippen molar-refractivity contribution in [3.63, 3.8) is 0 Å². The van der Waals surface area contributed by atoms with E-state index in [-0.39, 0.29) is 30.9 Å². The SMILES string of the molecule is C=C(O)C(=O)OCCCOC(=O)c1cc2ccccc2cc1O. The highest BCUT2D eigenvalue weighted by molar-refractivity contribution is 5.98. The lowest BCUT2D eigenvalue weighted by atomic mass is 10.1. The molecule has 0 aliphatic heterocycles. The third kappa shape index (κ3) is 4.23. The quantitative estimate of drug-likeness (QED) is 0.368. The monoisotopic (exact) mass is 316 g/mol. The molecule has 0 radical (unpaired) electrons. The van der Waals surface area contributed by atoms with Crippen LogP contribution in [0.15, 0.2) is 48.7 Å². The van der Waals surface area contributed by atoms with Crippen LogP contribution in [0.5, 0.6) is 5.75 Å². The number of carbonyl (C=O) groups is 2. The Morgan fingerprint density at radius 1 is 1.04 bits per heavy atom. The van der Waals surface area contributed by atoms with Gasteiger partial charge in [-0.15, -0.1) is 0 Å². The predicted octanol–water partition coefficient (Wildman–Crippen LogP) is 2.71. The van der Waals surface area contributed by atoms with Crippen molar-refractivity contribution in [1.29, 1.82) is 0 Å². The minimum Gasteiger partial charge on any atom is -0.507 e. The molecule has 0 saturated carbocycles. The number of aromatic hydroxyl groups is 1. The zero-order chi connectivity index (χ0) is 16.8. The van der Waals surface area contributed by atoms with Crippen molar-refractivity contribution >= 4 is 22.7 Å². The second-order valence-electron chi connectivity index (χ2n) is 4.79. The first-order valence-electron chi connectivity index (χ1n) is 6.93. The summed E-state index contributed by atoms with van der Waals surface area (Å²) in [6, 6.07) is 10.4. The molecule has 0 aliphatic carbocycles. The van der Waals surface area contributed by atoms with Gasteiger partial charge in [0, 0.05) is 6.42 Å². The number of aliphatic hydroxyl groups excluding tert-OH is 1. The van der Waals surface area contributed by atoms with Crippen molar-refractivity contribution in [1.82, 2.24) is 0 Å². The molecule has 0 aromatic heterocycles. The number of phenols is 1. The lowest BCUT2D eigenvalue weighted by Gasteiger charge is -2.08. The minimum atomic E-state index is -0.913. The molecule has 120 valence electrons. The van der Waals surface area contributed by atoms with Crippen LogP contribution in [0.4, 0.5) is 0 Å². The minimum absolute atomic E-state index is 0.0102. The van der Waals surface area contributed by atoms with Gasteiger partial charge >= 0.3 is 11.9 Å². The Morgan fingerprint density at radius 2 is 1.65 bits per heavy atom. The second kappa shape index (κ2) is 7.31. The Hall–Kier alpha value is -3.02. The van der Waals surface area contributed by atoms with Gasteiger partial charge in [-0.05, 0) is 29.5 Å². The molecule has 2 aromatic carbocycles. The van der Waals surface area contributed by atoms with Crippen LogP contribution in [0, 0.1) is 0 Å². The number of benzene rings is 2. The van der Waals surface area contributed by atoms with Crippen LogP contribution < -0.4 is 0 Å². The Morgan fingerprint density at radius 3 is 2.30 bits per heavy atom. The van der Waals surface area contributed by atoms with Gasteiger partial charge in [-0.25, -0.2) is 9.59 Å². The van der Waals surface area contributed by atoms with E-state index < -0.39 is 17.7 Å². The first-order chi connectivity index (χ1) is 11.0. The van der Waals surface area contributed by atoms with Gasteiger partial charge in [0.25, 0.3) is 0 Å². The zero-order valence-electron chi connectivity index (χ0n) is 12.3. The summed E-state index contributed by atoms with van der Waals surface area (Å²) >= 11 is 0. The molecule has 2 N–H and O–H groups in total. The van der Waals surface area contributed by atoms with E-state index >= 15 is 0 Å². The summed E-state index contributed by atoms with van der Waals surface area (Å²) in [5, 5.41) is 20.3. The summed E-state index contributed by atoms with van der Waals surface area (Å²) in [7, 11) is 0. The van der Waals surface area contributed by atoms with Crippen LogP contribution in [0.25, 0.3) is 10.8 Å². The van der Waals surface area contributed by atoms with E-state index in [4.69, 9.17) is 9.84 Å². The highest BCUT2D eigenvalue weighted by Crippen LogP contribution is 2.25. The summed E-state index contributed by atoms with van der Waals surface area (Å²) in [6.07, 6.45) is 0.263. The fraction of sp³-hybridized carbons (Fsp3) is 0.176. The highest BCUT2D eigenvalue weighted by Gasteiger charge is 2.14. The van der Waals surface area contributed by atoms with Gasteiger partial charge in [0.05, 0.1) is 13.2 Å². The third-order valence-electron chi connectivity index (χ3n) is 3.07. The number of phenolic OH excluding ortho intramolecular Hbond substituents is 1. The average molecular weight is 316 g/mol. The summed E-state index contributed by atoms with van der Waals surface area (Å²) in [4.78, 5) is 22.9. The van der Waals surface area contributed by atoms with Crippen molar-refractivity contribution in [2.24, 2.45) is 0 Å². The first-order valence-corrected chi connectivity index (χ1v) is 6.93. The molecule has 0 saturated heterocycles. The van der Waals surface area contributed by atoms with E-state index in [1.165, 1.54) is 6.07 Å². The largest absolute Gasteiger partial charge is 0.507 e. The normalized spacial score (nSPS) is 10.3. The van der Waals surface area contributed by atoms with Gasteiger partial charge in [-0.1, -0.05) is 24.3 Å². The van der Waals surface area contributed by atoms with Gasteiger partial charge in [0.2, 0.25) is 0 Å². The average Bonchev–Trinajstić information content (AvgIpc) is 2.53. The molecule has 6 heteroatoms. The van der Waals surface area contributed by atoms with Crippen molar-refractivity contribution in [2.45, 2.75) is 6.42 Å². The van der Waals surface area contributed by atoms with E-state index in [2.05, 4.69) is 11.3 Å². The van der Waals surface area contributed by atoms with Crippen molar-refractivity contribution in [3.05, 3.63) is 54.3 Å². The fourth-order valence-electron chi connectivity index (χ4n) is 1.94. The molecule has 6 nitrogen and oxygen atoms in total. The highest BCUT2D eigenvalue weighted by atomic mass is 16.6. The molecular weight excluding hydrogens is 300 g/mol. The van der Waals surface area contributed by atoms with E-state index in [0.717, 1.165) is 10.8 Å². The van der Waals surface area contributed by atoms with Gasteiger partial charge < -0.3 is 19.7 Å². The molecule has 0 bridgehead atoms. The van der Waals surface area contributed by atoms with Crippen molar-refractivity contribution < 1.29 is 29.3 Å². The first kappa shape index (κ1) is 16.4. The molecule has 0 aliphatic rings. The van der Waals surface area contributed by atoms with Crippen molar-refractivity contribution in [2.75, 3.05) is 13.2 Å². The van der Waals surface area contributed by atoms with E-state index in [0.29, 0.717) is 0 Å². The number of rotatable bonds is 6. The summed E-state index contributed by atoms with van der Waals surface area (Å²) in [5.74, 6) is -2.41. The van der Waals surface area contributed by atoms with Crippen LogP contribution in [0.2, 0.25) is 0 Å². The molecular formula is C17H16O6. The summed E-state index contributed by atoms with van der Waals surface area (Å²) in [6.45, 7) is 3.02. The van der Waals surface area contributed by atoms with Crippen molar-refractivity contribution in [3.8, 4) is 5.75 Å². The molecule has 0 spiro atoms. The van der Waals surface area contributed by atoms with E-state index in [1.54, 1.807) is 6.07 Å². The number of hydrogen-bond acceptors (Lipinski definition) is 6. The van der Waals surface area contributed by atoms with Crippen LogP contribution in [-0.4, -0.2) is 35.4 Å². The maximum atomic E-state index is 12.0. The van der Waals surface area contributed by atoms with Gasteiger partial charge in [-0.3, -0.25) is 0 Å². The maximum absolute atomic E-state index is 12.0. The summed E-state index contributed by atoms with van der Waals surface area (Å²) in [5.41, 5.74) is 0.0735. The number of esters is 2. The molecule has 2 rings (SSSR count). The Labute approximate surface area is 132 Å². The van der Waals surface area contributed by atoms with Crippen LogP contribution in [-0.2, 0) is 14.3 Å². The molecule has 0 heterocycles. The lowest BCUT2D eigenvalue weighted by Crippen LogP contribution is -2.12. The lowest BCUT2D eigenvalue weighted by molar-refractivity contribution is -0.142. The predicted molar refractivity (Wildman–Crippen MR) is 83.2 cm³/mol. The Bertz CT molecular complexity index is 750. The van der Waals surface area contributed by atoms with E-state index in [9.17, 15) is 14.7 Å². The molecule has 23 heavy (non-hydrogen) atoms. The smallest absolute Gasteiger partial charge is 0.372 e. The number of fused-ring (bicyclic) bond motifs is 1. The zero-order valence-corrected chi connectivity index (χ0v) is 12.3. The standard InChI is InChI=1S/C17H16O6/c1-11(18)16(20)22-7-4-8-23-17(21)14-9-12-5-2-3-6-13(12)10-15(14)19/h2-3,5-6,9-10,18-19H,1,4,7-8H2. The summed E-state index contributed by atoms with van der Waals surface area (Å²) < 4.78 is 9.67. The number of ether oxygens (including phenoxy) is 2. The Kier molecular flexibility index (Phi) is 5.19. The van der Waals surface area contributed by atoms with Gasteiger partial charge in [0.15, 0.2) is 5.76 Å². The fourth-order valence-corrected chi connectivity index (χ4v) is 1.94. The number of carbonyl (C=O) groups excluding carboxylic acids is 2. The van der Waals surface area contributed by atoms with Gasteiger partial charge in [-0.2, -0.15) is 0 Å². The maximum Gasteiger partial charge on any atom is 0.372 e. The number of aliphatic hydroxyl groups is 1. The van der Waals surface area contributed by atoms with Gasteiger partial charge in [0.1, 0.15) is 11.3 Å². The molecule has 0 atom stereocenters. The Balaban J connectivity index is 1.90. The molecule has 0 unspecified atom stereocenters. The second-order valence-corrected chi connectivity index (χ2v) is 4.79. The molecule has 0 amide bonds. The van der Waals surface area contributed by atoms with E-state index in [1.807, 2.05) is 24.3 Å². The third-order valence-corrected chi connectivity index (χ3v) is 3.07. The van der Waals surface area contributed by atoms with Crippen LogP contribution in [0.1, 0.15) is 16.8 Å². The van der Waals surface area contributed by atoms with Crippen LogP contribution >= 0.6 is 0 Å². The van der Waals surface area contributed by atoms with Crippen LogP contribution in [0.3, 0.4) is 0 Å². The topological polar surface area (TPSA) is 93.1 Å². The molecule has 2 aromatic rings. The molecule has 0 fully saturated rings. The number of hydrogen-bond donors (Lipinski definition) is 2.